The monoisotopic (exact) mass is 451 g/mol. The quantitative estimate of drug-likeness (QED) is 0.109. The number of unbranched alkanes of at least 4 members (excludes halogenated alkanes) is 19. The zero-order valence-electron chi connectivity index (χ0n) is 23.5. The molecule has 0 aliphatic rings. The first-order chi connectivity index (χ1) is 15.7. The molecule has 0 fully saturated rings. The van der Waals surface area contributed by atoms with E-state index in [-0.39, 0.29) is 0 Å². The molecule has 0 aromatic carbocycles. The summed E-state index contributed by atoms with van der Waals surface area (Å²) in [6.07, 6.45) is 38.2. The van der Waals surface area contributed by atoms with Gasteiger partial charge in [-0.3, -0.25) is 0 Å². The summed E-state index contributed by atoms with van der Waals surface area (Å²) in [6.45, 7) is 9.55. The first-order valence-electron chi connectivity index (χ1n) is 15.7. The third kappa shape index (κ3) is 26.3. The van der Waals surface area contributed by atoms with Crippen LogP contribution in [0.1, 0.15) is 195 Å². The van der Waals surface area contributed by atoms with E-state index in [0.29, 0.717) is 0 Å². The van der Waals surface area contributed by atoms with E-state index >= 15 is 0 Å². The van der Waals surface area contributed by atoms with Gasteiger partial charge in [-0.15, -0.1) is 0 Å². The van der Waals surface area contributed by atoms with Crippen LogP contribution in [0.3, 0.4) is 0 Å². The molecule has 32 heavy (non-hydrogen) atoms. The Morgan fingerprint density at radius 2 is 0.531 bits per heavy atom. The van der Waals surface area contributed by atoms with Gasteiger partial charge in [-0.25, -0.2) is 0 Å². The van der Waals surface area contributed by atoms with Crippen LogP contribution in [0.4, 0.5) is 0 Å². The lowest BCUT2D eigenvalue weighted by atomic mass is 9.95. The normalized spacial score (nSPS) is 13.5. The molecule has 0 unspecified atom stereocenters. The molecule has 194 valence electrons. The van der Waals surface area contributed by atoms with Crippen LogP contribution in [0.2, 0.25) is 0 Å². The summed E-state index contributed by atoms with van der Waals surface area (Å²) in [5, 5.41) is 0. The summed E-state index contributed by atoms with van der Waals surface area (Å²) in [4.78, 5) is 0. The minimum atomic E-state index is 0.961. The van der Waals surface area contributed by atoms with Crippen molar-refractivity contribution >= 4 is 0 Å². The van der Waals surface area contributed by atoms with Crippen molar-refractivity contribution in [1.29, 1.82) is 0 Å². The fourth-order valence-electron chi connectivity index (χ4n) is 5.34. The molecule has 0 nitrogen and oxygen atoms in total. The van der Waals surface area contributed by atoms with Crippen LogP contribution < -0.4 is 0 Å². The molecule has 0 spiro atoms. The van der Waals surface area contributed by atoms with Crippen LogP contribution in [-0.2, 0) is 0 Å². The Labute approximate surface area is 206 Å². The Hall–Kier alpha value is 0. The van der Waals surface area contributed by atoms with Crippen LogP contribution in [0.25, 0.3) is 0 Å². The van der Waals surface area contributed by atoms with E-state index in [2.05, 4.69) is 27.7 Å². The maximum absolute atomic E-state index is 2.50. The Morgan fingerprint density at radius 3 is 0.812 bits per heavy atom. The molecule has 0 amide bonds. The summed E-state index contributed by atoms with van der Waals surface area (Å²) in [6, 6.07) is 0. The average Bonchev–Trinajstić information content (AvgIpc) is 2.78. The van der Waals surface area contributed by atoms with Crippen LogP contribution in [0, 0.1) is 11.8 Å². The van der Waals surface area contributed by atoms with Gasteiger partial charge in [0, 0.05) is 0 Å². The van der Waals surface area contributed by atoms with Crippen LogP contribution in [0.15, 0.2) is 0 Å². The van der Waals surface area contributed by atoms with Crippen LogP contribution in [-0.4, -0.2) is 0 Å². The highest BCUT2D eigenvalue weighted by Crippen LogP contribution is 2.20. The summed E-state index contributed by atoms with van der Waals surface area (Å²) in [5.41, 5.74) is 0. The first kappa shape index (κ1) is 32.0. The van der Waals surface area contributed by atoms with Gasteiger partial charge in [0.25, 0.3) is 0 Å². The molecule has 0 N–H and O–H groups in total. The second-order valence-electron chi connectivity index (χ2n) is 11.4. The van der Waals surface area contributed by atoms with Crippen molar-refractivity contribution in [2.24, 2.45) is 11.8 Å². The van der Waals surface area contributed by atoms with Gasteiger partial charge < -0.3 is 0 Å². The number of hydrogen-bond donors (Lipinski definition) is 0. The standard InChI is InChI=1S/C32H66/c1-5-7-8-9-10-11-15-19-22-25-29-32(4)30-26-23-20-17-14-12-13-16-18-21-24-28-31(3)27-6-2/h31-32H,5-30H2,1-4H3/t31-,32+/m1/s1. The van der Waals surface area contributed by atoms with E-state index in [0.717, 1.165) is 11.8 Å². The Balaban J connectivity index is 3.16. The third-order valence-electron chi connectivity index (χ3n) is 7.73. The highest BCUT2D eigenvalue weighted by molar-refractivity contribution is 4.57. The Morgan fingerprint density at radius 1 is 0.281 bits per heavy atom. The van der Waals surface area contributed by atoms with E-state index in [1.54, 1.807) is 0 Å². The maximum atomic E-state index is 2.50. The Bertz CT molecular complexity index is 320. The molecule has 0 heteroatoms. The highest BCUT2D eigenvalue weighted by atomic mass is 14.1. The number of hydrogen-bond acceptors (Lipinski definition) is 0. The fourth-order valence-corrected chi connectivity index (χ4v) is 5.34. The minimum absolute atomic E-state index is 0.961. The average molecular weight is 451 g/mol. The second kappa shape index (κ2) is 27.2. The maximum Gasteiger partial charge on any atom is -0.0443 e. The van der Waals surface area contributed by atoms with Crippen molar-refractivity contribution in [2.45, 2.75) is 195 Å². The lowest BCUT2D eigenvalue weighted by Gasteiger charge is -2.11. The highest BCUT2D eigenvalue weighted by Gasteiger charge is 2.03. The van der Waals surface area contributed by atoms with Crippen molar-refractivity contribution in [2.75, 3.05) is 0 Å². The van der Waals surface area contributed by atoms with Crippen molar-refractivity contribution in [1.82, 2.24) is 0 Å². The van der Waals surface area contributed by atoms with Gasteiger partial charge in [0.05, 0.1) is 0 Å². The van der Waals surface area contributed by atoms with Gasteiger partial charge in [-0.2, -0.15) is 0 Å². The molecule has 0 saturated heterocycles. The lowest BCUT2D eigenvalue weighted by Crippen LogP contribution is -1.95. The van der Waals surface area contributed by atoms with Crippen molar-refractivity contribution in [3.63, 3.8) is 0 Å². The minimum Gasteiger partial charge on any atom is -0.0654 e. The topological polar surface area (TPSA) is 0 Å². The molecule has 0 aromatic rings. The predicted octanol–water partition coefficient (Wildman–Crippen LogP) is 12.4. The van der Waals surface area contributed by atoms with Gasteiger partial charge in [0.2, 0.25) is 0 Å². The van der Waals surface area contributed by atoms with Crippen molar-refractivity contribution in [3.05, 3.63) is 0 Å². The molecular formula is C32H66. The number of rotatable bonds is 27. The van der Waals surface area contributed by atoms with E-state index < -0.39 is 0 Å². The summed E-state index contributed by atoms with van der Waals surface area (Å²) in [5.74, 6) is 1.93. The van der Waals surface area contributed by atoms with Crippen molar-refractivity contribution < 1.29 is 0 Å². The summed E-state index contributed by atoms with van der Waals surface area (Å²) in [7, 11) is 0. The molecule has 0 aliphatic heterocycles. The van der Waals surface area contributed by atoms with Crippen molar-refractivity contribution in [3.8, 4) is 0 Å². The smallest absolute Gasteiger partial charge is 0.0443 e. The van der Waals surface area contributed by atoms with E-state index in [1.807, 2.05) is 0 Å². The third-order valence-corrected chi connectivity index (χ3v) is 7.73. The molecule has 0 bridgehead atoms. The zero-order chi connectivity index (χ0) is 23.5. The van der Waals surface area contributed by atoms with Gasteiger partial charge in [-0.1, -0.05) is 195 Å². The van der Waals surface area contributed by atoms with Gasteiger partial charge in [0.15, 0.2) is 0 Å². The molecule has 0 aromatic heterocycles. The predicted molar refractivity (Wildman–Crippen MR) is 150 cm³/mol. The lowest BCUT2D eigenvalue weighted by molar-refractivity contribution is 0.429. The Kier molecular flexibility index (Phi) is 27.2. The first-order valence-corrected chi connectivity index (χ1v) is 15.7. The van der Waals surface area contributed by atoms with Gasteiger partial charge in [0.1, 0.15) is 0 Å². The molecule has 0 saturated carbocycles. The second-order valence-corrected chi connectivity index (χ2v) is 11.4. The van der Waals surface area contributed by atoms with Crippen LogP contribution >= 0.6 is 0 Å². The van der Waals surface area contributed by atoms with Gasteiger partial charge in [-0.05, 0) is 11.8 Å². The van der Waals surface area contributed by atoms with E-state index in [1.165, 1.54) is 167 Å². The summed E-state index contributed by atoms with van der Waals surface area (Å²) < 4.78 is 0. The SMILES string of the molecule is CCCCCCCCCCCC[C@H](C)CCCCCCCCCCCCC[C@H](C)CCC. The largest absolute Gasteiger partial charge is 0.0654 e. The molecule has 2 atom stereocenters. The molecular weight excluding hydrogens is 384 g/mol. The van der Waals surface area contributed by atoms with E-state index in [9.17, 15) is 0 Å². The molecule has 0 aliphatic carbocycles. The molecule has 0 radical (unpaired) electrons. The van der Waals surface area contributed by atoms with Gasteiger partial charge >= 0.3 is 0 Å². The molecule has 0 heterocycles. The van der Waals surface area contributed by atoms with E-state index in [4.69, 9.17) is 0 Å². The summed E-state index contributed by atoms with van der Waals surface area (Å²) >= 11 is 0. The fraction of sp³-hybridized carbons (Fsp3) is 1.00. The zero-order valence-corrected chi connectivity index (χ0v) is 23.5. The molecule has 0 rings (SSSR count). The van der Waals surface area contributed by atoms with Crippen LogP contribution in [0.5, 0.6) is 0 Å².